The number of imidazole rings is 1. The standard InChI is InChI=1S/C14H16N4/c1-14(2,16)13-9-17-10-18(13)12-5-3-11(4-6-12)7-8-15/h3-6,9-10H,7,16H2,1-2H3. The van der Waals surface area contributed by atoms with Crippen molar-refractivity contribution in [2.45, 2.75) is 25.8 Å². The largest absolute Gasteiger partial charge is 0.321 e. The van der Waals surface area contributed by atoms with Crippen molar-refractivity contribution in [3.63, 3.8) is 0 Å². The molecule has 0 amide bonds. The number of hydrogen-bond acceptors (Lipinski definition) is 3. The van der Waals surface area contributed by atoms with E-state index in [1.165, 1.54) is 0 Å². The van der Waals surface area contributed by atoms with Crippen molar-refractivity contribution in [2.24, 2.45) is 5.73 Å². The Morgan fingerprint density at radius 1 is 1.33 bits per heavy atom. The second-order valence-electron chi connectivity index (χ2n) is 4.87. The van der Waals surface area contributed by atoms with E-state index in [1.807, 2.05) is 42.7 Å². The third-order valence-electron chi connectivity index (χ3n) is 2.80. The highest BCUT2D eigenvalue weighted by molar-refractivity contribution is 5.38. The van der Waals surface area contributed by atoms with Gasteiger partial charge in [0.2, 0.25) is 0 Å². The van der Waals surface area contributed by atoms with E-state index in [9.17, 15) is 0 Å². The molecule has 0 unspecified atom stereocenters. The molecule has 2 rings (SSSR count). The summed E-state index contributed by atoms with van der Waals surface area (Å²) in [5.74, 6) is 0. The predicted molar refractivity (Wildman–Crippen MR) is 70.1 cm³/mol. The van der Waals surface area contributed by atoms with Crippen molar-refractivity contribution in [3.8, 4) is 11.8 Å². The quantitative estimate of drug-likeness (QED) is 0.893. The Morgan fingerprint density at radius 3 is 2.56 bits per heavy atom. The number of nitriles is 1. The summed E-state index contributed by atoms with van der Waals surface area (Å²) in [6.45, 7) is 3.90. The van der Waals surface area contributed by atoms with Crippen LogP contribution in [0.4, 0.5) is 0 Å². The Morgan fingerprint density at radius 2 is 2.00 bits per heavy atom. The van der Waals surface area contributed by atoms with Gasteiger partial charge >= 0.3 is 0 Å². The van der Waals surface area contributed by atoms with Crippen LogP contribution in [-0.2, 0) is 12.0 Å². The smallest absolute Gasteiger partial charge is 0.0994 e. The first-order chi connectivity index (χ1) is 8.52. The summed E-state index contributed by atoms with van der Waals surface area (Å²) in [5, 5.41) is 8.64. The fraction of sp³-hybridized carbons (Fsp3) is 0.286. The van der Waals surface area contributed by atoms with Gasteiger partial charge < -0.3 is 10.3 Å². The van der Waals surface area contributed by atoms with Gasteiger partial charge in [0.1, 0.15) is 0 Å². The molecule has 92 valence electrons. The lowest BCUT2D eigenvalue weighted by Gasteiger charge is -2.20. The average molecular weight is 240 g/mol. The number of benzene rings is 1. The van der Waals surface area contributed by atoms with Crippen molar-refractivity contribution < 1.29 is 0 Å². The van der Waals surface area contributed by atoms with Crippen LogP contribution >= 0.6 is 0 Å². The minimum atomic E-state index is -0.443. The molecule has 1 heterocycles. The van der Waals surface area contributed by atoms with Crippen LogP contribution in [-0.4, -0.2) is 9.55 Å². The molecule has 1 aromatic heterocycles. The Hall–Kier alpha value is -2.12. The van der Waals surface area contributed by atoms with Gasteiger partial charge in [-0.05, 0) is 31.5 Å². The van der Waals surface area contributed by atoms with Crippen molar-refractivity contribution in [1.82, 2.24) is 9.55 Å². The molecule has 0 spiro atoms. The molecule has 2 aromatic rings. The van der Waals surface area contributed by atoms with Gasteiger partial charge in [-0.2, -0.15) is 5.26 Å². The Bertz CT molecular complexity index is 567. The van der Waals surface area contributed by atoms with Crippen LogP contribution in [0.3, 0.4) is 0 Å². The maximum atomic E-state index is 8.64. The van der Waals surface area contributed by atoms with Gasteiger partial charge in [0.25, 0.3) is 0 Å². The van der Waals surface area contributed by atoms with E-state index in [1.54, 1.807) is 12.5 Å². The Kier molecular flexibility index (Phi) is 3.17. The monoisotopic (exact) mass is 240 g/mol. The molecule has 2 N–H and O–H groups in total. The fourth-order valence-electron chi connectivity index (χ4n) is 1.84. The zero-order valence-corrected chi connectivity index (χ0v) is 10.6. The van der Waals surface area contributed by atoms with Crippen molar-refractivity contribution in [3.05, 3.63) is 48.0 Å². The molecule has 0 saturated carbocycles. The topological polar surface area (TPSA) is 67.6 Å². The van der Waals surface area contributed by atoms with Crippen LogP contribution in [0.15, 0.2) is 36.8 Å². The van der Waals surface area contributed by atoms with Gasteiger partial charge in [0.15, 0.2) is 0 Å². The van der Waals surface area contributed by atoms with Crippen molar-refractivity contribution >= 4 is 0 Å². The molecule has 0 aliphatic carbocycles. The van der Waals surface area contributed by atoms with Gasteiger partial charge in [-0.1, -0.05) is 12.1 Å². The molecular weight excluding hydrogens is 224 g/mol. The summed E-state index contributed by atoms with van der Waals surface area (Å²) in [6, 6.07) is 9.99. The number of rotatable bonds is 3. The second-order valence-corrected chi connectivity index (χ2v) is 4.87. The van der Waals surface area contributed by atoms with Gasteiger partial charge in [-0.15, -0.1) is 0 Å². The van der Waals surface area contributed by atoms with Crippen LogP contribution < -0.4 is 5.73 Å². The van der Waals surface area contributed by atoms with Crippen molar-refractivity contribution in [1.29, 1.82) is 5.26 Å². The third kappa shape index (κ3) is 2.41. The summed E-state index contributed by atoms with van der Waals surface area (Å²) >= 11 is 0. The summed E-state index contributed by atoms with van der Waals surface area (Å²) < 4.78 is 1.97. The van der Waals surface area contributed by atoms with E-state index in [2.05, 4.69) is 11.1 Å². The lowest BCUT2D eigenvalue weighted by atomic mass is 10.0. The van der Waals surface area contributed by atoms with Crippen LogP contribution in [0.2, 0.25) is 0 Å². The zero-order valence-electron chi connectivity index (χ0n) is 10.6. The highest BCUT2D eigenvalue weighted by Gasteiger charge is 2.19. The lowest BCUT2D eigenvalue weighted by Crippen LogP contribution is -2.31. The van der Waals surface area contributed by atoms with Crippen LogP contribution in [0.25, 0.3) is 5.69 Å². The number of nitrogens with two attached hydrogens (primary N) is 1. The summed E-state index contributed by atoms with van der Waals surface area (Å²) in [5.41, 5.74) is 8.64. The molecule has 0 aliphatic rings. The average Bonchev–Trinajstić information content (AvgIpc) is 2.79. The first-order valence-electron chi connectivity index (χ1n) is 5.80. The molecule has 4 nitrogen and oxygen atoms in total. The Labute approximate surface area is 107 Å². The molecule has 0 saturated heterocycles. The summed E-state index contributed by atoms with van der Waals surface area (Å²) in [4.78, 5) is 4.15. The maximum Gasteiger partial charge on any atom is 0.0994 e. The minimum Gasteiger partial charge on any atom is -0.321 e. The van der Waals surface area contributed by atoms with Gasteiger partial charge in [0.05, 0.1) is 36.2 Å². The number of hydrogen-bond donors (Lipinski definition) is 1. The molecule has 0 aliphatic heterocycles. The van der Waals surface area contributed by atoms with E-state index in [0.29, 0.717) is 6.42 Å². The molecular formula is C14H16N4. The van der Waals surface area contributed by atoms with E-state index >= 15 is 0 Å². The number of aromatic nitrogens is 2. The van der Waals surface area contributed by atoms with E-state index in [-0.39, 0.29) is 0 Å². The normalized spacial score (nSPS) is 11.2. The first-order valence-corrected chi connectivity index (χ1v) is 5.80. The molecule has 18 heavy (non-hydrogen) atoms. The number of nitrogens with zero attached hydrogens (tertiary/aromatic N) is 3. The lowest BCUT2D eigenvalue weighted by molar-refractivity contribution is 0.524. The molecule has 1 aromatic carbocycles. The van der Waals surface area contributed by atoms with E-state index < -0.39 is 5.54 Å². The Balaban J connectivity index is 2.38. The first kappa shape index (κ1) is 12.3. The van der Waals surface area contributed by atoms with E-state index in [4.69, 9.17) is 11.0 Å². The fourth-order valence-corrected chi connectivity index (χ4v) is 1.84. The molecule has 4 heteroatoms. The molecule has 0 bridgehead atoms. The van der Waals surface area contributed by atoms with Gasteiger partial charge in [0, 0.05) is 5.69 Å². The molecule has 0 radical (unpaired) electrons. The van der Waals surface area contributed by atoms with Gasteiger partial charge in [-0.25, -0.2) is 4.98 Å². The summed E-state index contributed by atoms with van der Waals surface area (Å²) in [7, 11) is 0. The van der Waals surface area contributed by atoms with Crippen LogP contribution in [0, 0.1) is 11.3 Å². The van der Waals surface area contributed by atoms with Crippen molar-refractivity contribution in [2.75, 3.05) is 0 Å². The SMILES string of the molecule is CC(C)(N)c1cncn1-c1ccc(CC#N)cc1. The second kappa shape index (κ2) is 4.63. The zero-order chi connectivity index (χ0) is 13.2. The summed E-state index contributed by atoms with van der Waals surface area (Å²) in [6.07, 6.45) is 3.96. The highest BCUT2D eigenvalue weighted by Crippen LogP contribution is 2.20. The van der Waals surface area contributed by atoms with Crippen LogP contribution in [0.5, 0.6) is 0 Å². The minimum absolute atomic E-state index is 0.430. The van der Waals surface area contributed by atoms with Crippen LogP contribution in [0.1, 0.15) is 25.1 Å². The highest BCUT2D eigenvalue weighted by atomic mass is 15.1. The third-order valence-corrected chi connectivity index (χ3v) is 2.80. The van der Waals surface area contributed by atoms with E-state index in [0.717, 1.165) is 16.9 Å². The molecule has 0 fully saturated rings. The maximum absolute atomic E-state index is 8.64. The predicted octanol–water partition coefficient (Wildman–Crippen LogP) is 2.13. The molecule has 0 atom stereocenters. The van der Waals surface area contributed by atoms with Gasteiger partial charge in [-0.3, -0.25) is 0 Å².